The van der Waals surface area contributed by atoms with E-state index in [2.05, 4.69) is 22.6 Å². The Balaban J connectivity index is 1.93. The summed E-state index contributed by atoms with van der Waals surface area (Å²) in [5.41, 5.74) is 2.14. The standard InChI is InChI=1S/C17H20BIO3/c1-11(18)16(2,19)15(20)22-17(8-4-3-5-9-17)13-10-12-6-7-14(13)21-12/h6-7,10-11H,3-5,8-9H2,1-2H3. The van der Waals surface area contributed by atoms with Gasteiger partial charge in [0.15, 0.2) is 0 Å². The molecule has 0 amide bonds. The number of carbonyl (C=O) groups excluding carboxylic acids is 1. The maximum Gasteiger partial charge on any atom is 0.322 e. The van der Waals surface area contributed by atoms with E-state index in [1.807, 2.05) is 32.0 Å². The second-order valence-corrected chi connectivity index (χ2v) is 8.81. The van der Waals surface area contributed by atoms with Crippen LogP contribution in [-0.4, -0.2) is 17.2 Å². The van der Waals surface area contributed by atoms with Crippen LogP contribution < -0.4 is 0 Å². The molecule has 2 aromatic rings. The summed E-state index contributed by atoms with van der Waals surface area (Å²) in [6.45, 7) is 3.68. The number of alkyl halides is 1. The highest BCUT2D eigenvalue weighted by Crippen LogP contribution is 2.46. The van der Waals surface area contributed by atoms with Gasteiger partial charge in [0.25, 0.3) is 0 Å². The fourth-order valence-corrected chi connectivity index (χ4v) is 3.27. The summed E-state index contributed by atoms with van der Waals surface area (Å²) in [5, 5.41) is 0. The maximum atomic E-state index is 12.7. The molecule has 1 aliphatic carbocycles. The van der Waals surface area contributed by atoms with Crippen LogP contribution >= 0.6 is 22.6 Å². The molecule has 1 aliphatic rings. The Morgan fingerprint density at radius 3 is 2.59 bits per heavy atom. The fourth-order valence-electron chi connectivity index (χ4n) is 3.16. The number of fused-ring (bicyclic) bond motifs is 2. The van der Waals surface area contributed by atoms with Crippen molar-refractivity contribution in [2.24, 2.45) is 0 Å². The Bertz CT molecular complexity index is 655. The van der Waals surface area contributed by atoms with Gasteiger partial charge in [-0.2, -0.15) is 0 Å². The zero-order valence-electron chi connectivity index (χ0n) is 13.0. The van der Waals surface area contributed by atoms with E-state index in [1.54, 1.807) is 0 Å². The van der Waals surface area contributed by atoms with Crippen molar-refractivity contribution in [1.29, 1.82) is 0 Å². The largest absolute Gasteiger partial charge is 0.457 e. The molecule has 2 aromatic heterocycles. The molecular weight excluding hydrogens is 390 g/mol. The van der Waals surface area contributed by atoms with Crippen LogP contribution in [0.3, 0.4) is 0 Å². The smallest absolute Gasteiger partial charge is 0.322 e. The van der Waals surface area contributed by atoms with Crippen molar-refractivity contribution in [2.45, 2.75) is 60.8 Å². The highest BCUT2D eigenvalue weighted by molar-refractivity contribution is 14.1. The lowest BCUT2D eigenvalue weighted by atomic mass is 9.77. The quantitative estimate of drug-likeness (QED) is 0.316. The first-order valence-electron chi connectivity index (χ1n) is 7.85. The lowest BCUT2D eigenvalue weighted by molar-refractivity contribution is -0.167. The monoisotopic (exact) mass is 410 g/mol. The summed E-state index contributed by atoms with van der Waals surface area (Å²) >= 11 is 2.10. The minimum absolute atomic E-state index is 0.233. The van der Waals surface area contributed by atoms with Crippen molar-refractivity contribution < 1.29 is 13.9 Å². The average Bonchev–Trinajstić information content (AvgIpc) is 3.11. The molecule has 5 heteroatoms. The molecule has 0 spiro atoms. The minimum Gasteiger partial charge on any atom is -0.457 e. The zero-order chi connectivity index (χ0) is 16.0. The van der Waals surface area contributed by atoms with Crippen LogP contribution in [-0.2, 0) is 15.1 Å². The van der Waals surface area contributed by atoms with Gasteiger partial charge in [0.1, 0.15) is 20.2 Å². The summed E-state index contributed by atoms with van der Waals surface area (Å²) in [6.07, 6.45) is 5.01. The molecule has 2 heterocycles. The van der Waals surface area contributed by atoms with E-state index in [1.165, 1.54) is 6.42 Å². The highest BCUT2D eigenvalue weighted by Gasteiger charge is 2.45. The SMILES string of the molecule is [B]C(C)C(C)(I)C(=O)OC1(c2cc3ccc2o3)CCCCC1. The third-order valence-electron chi connectivity index (χ3n) is 4.87. The van der Waals surface area contributed by atoms with Gasteiger partial charge in [-0.3, -0.25) is 4.79 Å². The van der Waals surface area contributed by atoms with E-state index >= 15 is 0 Å². The summed E-state index contributed by atoms with van der Waals surface area (Å²) < 4.78 is 11.1. The van der Waals surface area contributed by atoms with Crippen LogP contribution in [0.1, 0.15) is 51.5 Å². The second-order valence-electron chi connectivity index (χ2n) is 6.57. The number of hydrogen-bond acceptors (Lipinski definition) is 3. The number of carbonyl (C=O) groups is 1. The Morgan fingerprint density at radius 1 is 1.41 bits per heavy atom. The summed E-state index contributed by atoms with van der Waals surface area (Å²) in [7, 11) is 5.97. The molecule has 0 aliphatic heterocycles. The lowest BCUT2D eigenvalue weighted by Crippen LogP contribution is -2.42. The number of benzene rings is 1. The van der Waals surface area contributed by atoms with Crippen LogP contribution in [0.25, 0.3) is 11.2 Å². The van der Waals surface area contributed by atoms with Gasteiger partial charge in [0, 0.05) is 5.56 Å². The predicted octanol–water partition coefficient (Wildman–Crippen LogP) is 4.74. The topological polar surface area (TPSA) is 39.4 Å². The number of halogens is 1. The van der Waals surface area contributed by atoms with Crippen molar-refractivity contribution in [3.05, 3.63) is 23.8 Å². The number of rotatable bonds is 4. The number of furan rings is 2. The molecule has 22 heavy (non-hydrogen) atoms. The van der Waals surface area contributed by atoms with Crippen molar-refractivity contribution in [3.8, 4) is 0 Å². The van der Waals surface area contributed by atoms with E-state index in [4.69, 9.17) is 17.0 Å². The molecule has 2 atom stereocenters. The Hall–Kier alpha value is -0.715. The maximum absolute atomic E-state index is 12.7. The van der Waals surface area contributed by atoms with Crippen LogP contribution in [0.4, 0.5) is 0 Å². The summed E-state index contributed by atoms with van der Waals surface area (Å²) in [4.78, 5) is 12.7. The molecule has 2 radical (unpaired) electrons. The average molecular weight is 410 g/mol. The van der Waals surface area contributed by atoms with Crippen LogP contribution in [0.15, 0.2) is 22.6 Å². The molecule has 2 bridgehead atoms. The van der Waals surface area contributed by atoms with Crippen molar-refractivity contribution >= 4 is 47.6 Å². The van der Waals surface area contributed by atoms with Crippen molar-refractivity contribution in [2.75, 3.05) is 0 Å². The van der Waals surface area contributed by atoms with E-state index in [0.717, 1.165) is 42.4 Å². The second kappa shape index (κ2) is 5.73. The molecule has 1 saturated carbocycles. The molecule has 3 rings (SSSR count). The van der Waals surface area contributed by atoms with Crippen LogP contribution in [0.2, 0.25) is 5.82 Å². The van der Waals surface area contributed by atoms with Crippen LogP contribution in [0.5, 0.6) is 0 Å². The molecule has 3 nitrogen and oxygen atoms in total. The fraction of sp³-hybridized carbons (Fsp3) is 0.588. The lowest BCUT2D eigenvalue weighted by Gasteiger charge is -2.39. The molecule has 116 valence electrons. The minimum atomic E-state index is -0.727. The van der Waals surface area contributed by atoms with E-state index in [0.29, 0.717) is 0 Å². The molecule has 1 fully saturated rings. The van der Waals surface area contributed by atoms with Gasteiger partial charge in [0.05, 0.1) is 7.85 Å². The van der Waals surface area contributed by atoms with Gasteiger partial charge in [-0.25, -0.2) is 0 Å². The first-order valence-corrected chi connectivity index (χ1v) is 8.93. The molecule has 0 aromatic carbocycles. The summed E-state index contributed by atoms with van der Waals surface area (Å²) in [6, 6.07) is 5.93. The third kappa shape index (κ3) is 2.65. The van der Waals surface area contributed by atoms with Gasteiger partial charge in [-0.05, 0) is 50.8 Å². The van der Waals surface area contributed by atoms with E-state index in [-0.39, 0.29) is 11.8 Å². The first kappa shape index (κ1) is 16.2. The van der Waals surface area contributed by atoms with Crippen molar-refractivity contribution in [1.82, 2.24) is 0 Å². The normalized spacial score (nSPS) is 22.3. The number of esters is 1. The summed E-state index contributed by atoms with van der Waals surface area (Å²) in [5.74, 6) is -0.503. The van der Waals surface area contributed by atoms with Gasteiger partial charge >= 0.3 is 5.97 Å². The molecule has 2 unspecified atom stereocenters. The highest BCUT2D eigenvalue weighted by atomic mass is 127. The van der Waals surface area contributed by atoms with Crippen LogP contribution in [0, 0.1) is 0 Å². The van der Waals surface area contributed by atoms with Gasteiger partial charge in [0.2, 0.25) is 0 Å². The number of ether oxygens (including phenoxy) is 1. The Kier molecular flexibility index (Phi) is 4.21. The van der Waals surface area contributed by atoms with Gasteiger partial charge < -0.3 is 9.15 Å². The zero-order valence-corrected chi connectivity index (χ0v) is 15.2. The van der Waals surface area contributed by atoms with Gasteiger partial charge in [-0.1, -0.05) is 41.8 Å². The Morgan fingerprint density at radius 2 is 2.09 bits per heavy atom. The Labute approximate surface area is 146 Å². The third-order valence-corrected chi connectivity index (χ3v) is 6.30. The number of hydrogen-bond donors (Lipinski definition) is 0. The van der Waals surface area contributed by atoms with Crippen molar-refractivity contribution in [3.63, 3.8) is 0 Å². The molecule has 0 N–H and O–H groups in total. The molecule has 0 saturated heterocycles. The van der Waals surface area contributed by atoms with Gasteiger partial charge in [-0.15, -0.1) is 0 Å². The predicted molar refractivity (Wildman–Crippen MR) is 95.9 cm³/mol. The first-order chi connectivity index (χ1) is 10.3. The van der Waals surface area contributed by atoms with E-state index < -0.39 is 9.02 Å². The van der Waals surface area contributed by atoms with E-state index in [9.17, 15) is 4.79 Å². The molecular formula is C17H20BIO3.